The van der Waals surface area contributed by atoms with Gasteiger partial charge >= 0.3 is 0 Å². The average Bonchev–Trinajstić information content (AvgIpc) is 2.72. The molecule has 9 heteroatoms. The fourth-order valence-corrected chi connectivity index (χ4v) is 3.31. The molecular formula is C21H23ClN4O4. The SMILES string of the molecule is CCCN(Cc1nc2cc(Cl)ccc2c(=O)[nH]1)C(=O)c1ccc(=O)n(CCOC)c1. The highest BCUT2D eigenvalue weighted by Gasteiger charge is 2.18. The molecule has 0 saturated heterocycles. The number of aromatic nitrogens is 3. The molecule has 0 aliphatic carbocycles. The van der Waals surface area contributed by atoms with Gasteiger partial charge in [0.15, 0.2) is 0 Å². The third kappa shape index (κ3) is 4.95. The number of nitrogens with one attached hydrogen (secondary N) is 1. The number of pyridine rings is 1. The van der Waals surface area contributed by atoms with Crippen molar-refractivity contribution in [3.05, 3.63) is 73.6 Å². The molecule has 0 saturated carbocycles. The van der Waals surface area contributed by atoms with Gasteiger partial charge in [0.2, 0.25) is 0 Å². The average molecular weight is 431 g/mol. The first-order chi connectivity index (χ1) is 14.4. The van der Waals surface area contributed by atoms with Gasteiger partial charge in [-0.1, -0.05) is 18.5 Å². The van der Waals surface area contributed by atoms with Crippen LogP contribution in [0.15, 0.2) is 46.1 Å². The molecule has 0 aliphatic heterocycles. The van der Waals surface area contributed by atoms with Gasteiger partial charge in [-0.05, 0) is 30.7 Å². The number of carbonyl (C=O) groups excluding carboxylic acids is 1. The highest BCUT2D eigenvalue weighted by atomic mass is 35.5. The number of H-pyrrole nitrogens is 1. The lowest BCUT2D eigenvalue weighted by molar-refractivity contribution is 0.0737. The summed E-state index contributed by atoms with van der Waals surface area (Å²) in [5.41, 5.74) is 0.357. The summed E-state index contributed by atoms with van der Waals surface area (Å²) >= 11 is 6.02. The van der Waals surface area contributed by atoms with Gasteiger partial charge < -0.3 is 19.2 Å². The van der Waals surface area contributed by atoms with Gasteiger partial charge in [-0.15, -0.1) is 0 Å². The maximum atomic E-state index is 13.1. The molecule has 0 unspecified atom stereocenters. The highest BCUT2D eigenvalue weighted by Crippen LogP contribution is 2.15. The molecule has 0 radical (unpaired) electrons. The number of hydrogen-bond donors (Lipinski definition) is 1. The Morgan fingerprint density at radius 1 is 1.27 bits per heavy atom. The molecular weight excluding hydrogens is 408 g/mol. The smallest absolute Gasteiger partial charge is 0.258 e. The van der Waals surface area contributed by atoms with E-state index in [2.05, 4.69) is 9.97 Å². The van der Waals surface area contributed by atoms with E-state index in [1.54, 1.807) is 30.2 Å². The predicted octanol–water partition coefficient (Wildman–Crippen LogP) is 2.44. The van der Waals surface area contributed by atoms with Crippen LogP contribution in [0.4, 0.5) is 0 Å². The van der Waals surface area contributed by atoms with Gasteiger partial charge in [0.25, 0.3) is 17.0 Å². The van der Waals surface area contributed by atoms with Crippen molar-refractivity contribution in [1.29, 1.82) is 0 Å². The van der Waals surface area contributed by atoms with Gasteiger partial charge in [0, 0.05) is 37.5 Å². The second kappa shape index (κ2) is 9.69. The fourth-order valence-electron chi connectivity index (χ4n) is 3.14. The van der Waals surface area contributed by atoms with Gasteiger partial charge in [0.1, 0.15) is 5.82 Å². The minimum Gasteiger partial charge on any atom is -0.383 e. The molecule has 0 atom stereocenters. The quantitative estimate of drug-likeness (QED) is 0.592. The lowest BCUT2D eigenvalue weighted by Gasteiger charge is -2.22. The molecule has 0 fully saturated rings. The Balaban J connectivity index is 1.91. The Labute approximate surface area is 178 Å². The molecule has 2 heterocycles. The molecule has 0 spiro atoms. The zero-order valence-corrected chi connectivity index (χ0v) is 17.6. The van der Waals surface area contributed by atoms with E-state index in [1.165, 1.54) is 22.9 Å². The maximum absolute atomic E-state index is 13.1. The summed E-state index contributed by atoms with van der Waals surface area (Å²) in [5, 5.41) is 0.910. The highest BCUT2D eigenvalue weighted by molar-refractivity contribution is 6.31. The second-order valence-corrected chi connectivity index (χ2v) is 7.28. The van der Waals surface area contributed by atoms with Crippen molar-refractivity contribution < 1.29 is 9.53 Å². The normalized spacial score (nSPS) is 11.0. The van der Waals surface area contributed by atoms with Crippen LogP contribution in [-0.4, -0.2) is 45.6 Å². The number of benzene rings is 1. The number of ether oxygens (including phenoxy) is 1. The van der Waals surface area contributed by atoms with Gasteiger partial charge in [-0.2, -0.15) is 0 Å². The van der Waals surface area contributed by atoms with Crippen molar-refractivity contribution in [2.75, 3.05) is 20.3 Å². The van der Waals surface area contributed by atoms with E-state index in [0.29, 0.717) is 47.0 Å². The minimum absolute atomic E-state index is 0.127. The molecule has 30 heavy (non-hydrogen) atoms. The topological polar surface area (TPSA) is 97.3 Å². The van der Waals surface area contributed by atoms with E-state index in [4.69, 9.17) is 16.3 Å². The number of amides is 1. The monoisotopic (exact) mass is 430 g/mol. The Hall–Kier alpha value is -2.97. The Morgan fingerprint density at radius 2 is 2.07 bits per heavy atom. The van der Waals surface area contributed by atoms with E-state index in [0.717, 1.165) is 6.42 Å². The lowest BCUT2D eigenvalue weighted by Crippen LogP contribution is -2.34. The van der Waals surface area contributed by atoms with E-state index in [9.17, 15) is 14.4 Å². The fraction of sp³-hybridized carbons (Fsp3) is 0.333. The van der Waals surface area contributed by atoms with Crippen molar-refractivity contribution in [1.82, 2.24) is 19.4 Å². The van der Waals surface area contributed by atoms with Crippen molar-refractivity contribution in [3.63, 3.8) is 0 Å². The molecule has 2 aromatic heterocycles. The number of methoxy groups -OCH3 is 1. The van der Waals surface area contributed by atoms with Crippen molar-refractivity contribution in [3.8, 4) is 0 Å². The van der Waals surface area contributed by atoms with Crippen LogP contribution in [0.2, 0.25) is 5.02 Å². The number of fused-ring (bicyclic) bond motifs is 1. The van der Waals surface area contributed by atoms with E-state index in [-0.39, 0.29) is 23.6 Å². The zero-order valence-electron chi connectivity index (χ0n) is 16.9. The largest absolute Gasteiger partial charge is 0.383 e. The van der Waals surface area contributed by atoms with Crippen LogP contribution in [0.5, 0.6) is 0 Å². The number of halogens is 1. The molecule has 0 bridgehead atoms. The summed E-state index contributed by atoms with van der Waals surface area (Å²) in [6, 6.07) is 7.74. The van der Waals surface area contributed by atoms with Crippen LogP contribution in [0.1, 0.15) is 29.5 Å². The van der Waals surface area contributed by atoms with E-state index < -0.39 is 0 Å². The Kier molecular flexibility index (Phi) is 7.02. The van der Waals surface area contributed by atoms with Crippen molar-refractivity contribution in [2.24, 2.45) is 0 Å². The first-order valence-electron chi connectivity index (χ1n) is 9.60. The van der Waals surface area contributed by atoms with Crippen LogP contribution in [0.25, 0.3) is 10.9 Å². The van der Waals surface area contributed by atoms with Gasteiger partial charge in [-0.25, -0.2) is 4.98 Å². The molecule has 1 amide bonds. The van der Waals surface area contributed by atoms with Crippen LogP contribution < -0.4 is 11.1 Å². The maximum Gasteiger partial charge on any atom is 0.258 e. The third-order valence-corrected chi connectivity index (χ3v) is 4.84. The predicted molar refractivity (Wildman–Crippen MR) is 115 cm³/mol. The molecule has 1 N–H and O–H groups in total. The Morgan fingerprint density at radius 3 is 2.80 bits per heavy atom. The van der Waals surface area contributed by atoms with Crippen LogP contribution >= 0.6 is 11.6 Å². The van der Waals surface area contributed by atoms with Gasteiger partial charge in [0.05, 0.1) is 29.6 Å². The first kappa shape index (κ1) is 21.7. The summed E-state index contributed by atoms with van der Waals surface area (Å²) < 4.78 is 6.46. The third-order valence-electron chi connectivity index (χ3n) is 4.61. The number of rotatable bonds is 8. The number of aromatic amines is 1. The number of nitrogens with zero attached hydrogens (tertiary/aromatic N) is 3. The van der Waals surface area contributed by atoms with Crippen LogP contribution in [-0.2, 0) is 17.8 Å². The van der Waals surface area contributed by atoms with Crippen LogP contribution in [0, 0.1) is 0 Å². The zero-order chi connectivity index (χ0) is 21.7. The molecule has 158 valence electrons. The number of hydrogen-bond acceptors (Lipinski definition) is 5. The minimum atomic E-state index is -0.288. The lowest BCUT2D eigenvalue weighted by atomic mass is 10.2. The molecule has 0 aliphatic rings. The standard InChI is InChI=1S/C21H23ClN4O4/c1-3-8-26(21(29)14-4-7-19(27)25(12-14)9-10-30-2)13-18-23-17-11-15(22)5-6-16(17)20(28)24-18/h4-7,11-12H,3,8-10,13H2,1-2H3,(H,23,24,28). The Bertz CT molecular complexity index is 1170. The summed E-state index contributed by atoms with van der Waals surface area (Å²) in [7, 11) is 1.55. The molecule has 8 nitrogen and oxygen atoms in total. The molecule has 3 rings (SSSR count). The second-order valence-electron chi connectivity index (χ2n) is 6.84. The van der Waals surface area contributed by atoms with Gasteiger partial charge in [-0.3, -0.25) is 14.4 Å². The van der Waals surface area contributed by atoms with E-state index >= 15 is 0 Å². The summed E-state index contributed by atoms with van der Waals surface area (Å²) in [5.74, 6) is 0.112. The van der Waals surface area contributed by atoms with E-state index in [1.807, 2.05) is 6.92 Å². The molecule has 1 aromatic carbocycles. The first-order valence-corrected chi connectivity index (χ1v) is 9.98. The van der Waals surface area contributed by atoms with Crippen LogP contribution in [0.3, 0.4) is 0 Å². The number of carbonyl (C=O) groups is 1. The van der Waals surface area contributed by atoms with Crippen molar-refractivity contribution in [2.45, 2.75) is 26.4 Å². The molecule has 3 aromatic rings. The summed E-state index contributed by atoms with van der Waals surface area (Å²) in [4.78, 5) is 46.3. The summed E-state index contributed by atoms with van der Waals surface area (Å²) in [6.07, 6.45) is 2.25. The van der Waals surface area contributed by atoms with Crippen molar-refractivity contribution >= 4 is 28.4 Å². The summed E-state index contributed by atoms with van der Waals surface area (Å²) in [6.45, 7) is 3.26.